The average molecular weight is 181 g/mol. The first-order valence-corrected chi connectivity index (χ1v) is 4.92. The molecule has 0 saturated heterocycles. The van der Waals surface area contributed by atoms with Crippen molar-refractivity contribution in [3.8, 4) is 6.07 Å². The van der Waals surface area contributed by atoms with Crippen LogP contribution in [0.15, 0.2) is 12.2 Å². The Balaban J connectivity index is 3.75. The maximum absolute atomic E-state index is 8.34. The van der Waals surface area contributed by atoms with Gasteiger partial charge in [0.15, 0.2) is 0 Å². The molecular weight excluding hydrogens is 162 g/mol. The van der Waals surface area contributed by atoms with E-state index < -0.39 is 0 Å². The molecule has 2 nitrogen and oxygen atoms in total. The molecule has 0 aromatic rings. The van der Waals surface area contributed by atoms with Crippen molar-refractivity contribution in [3.05, 3.63) is 12.2 Å². The number of hydrogen-bond donors (Lipinski definition) is 0. The van der Waals surface area contributed by atoms with Gasteiger partial charge in [0.1, 0.15) is 0 Å². The number of rotatable bonds is 7. The minimum Gasteiger partial charge on any atom is -0.373 e. The number of ether oxygens (including phenoxy) is 1. The van der Waals surface area contributed by atoms with E-state index in [-0.39, 0.29) is 6.10 Å². The molecule has 0 radical (unpaired) electrons. The predicted molar refractivity (Wildman–Crippen MR) is 54.3 cm³/mol. The highest BCUT2D eigenvalue weighted by atomic mass is 16.5. The standard InChI is InChI=1S/C11H19NO/c1-4-7-10(3)11(5-2)13-9-6-8-12/h11H,3-7,9H2,1-2H3. The van der Waals surface area contributed by atoms with E-state index in [4.69, 9.17) is 10.00 Å². The monoisotopic (exact) mass is 181 g/mol. The number of nitrogens with zero attached hydrogens (tertiary/aromatic N) is 1. The molecule has 0 rings (SSSR count). The summed E-state index contributed by atoms with van der Waals surface area (Å²) in [7, 11) is 0. The fourth-order valence-corrected chi connectivity index (χ4v) is 1.25. The molecule has 0 saturated carbocycles. The molecule has 0 aromatic heterocycles. The second kappa shape index (κ2) is 7.82. The molecule has 0 aliphatic rings. The van der Waals surface area contributed by atoms with Crippen molar-refractivity contribution in [3.63, 3.8) is 0 Å². The fourth-order valence-electron chi connectivity index (χ4n) is 1.25. The molecule has 0 bridgehead atoms. The summed E-state index contributed by atoms with van der Waals surface area (Å²) in [5.41, 5.74) is 1.16. The van der Waals surface area contributed by atoms with Crippen molar-refractivity contribution >= 4 is 0 Å². The van der Waals surface area contributed by atoms with E-state index in [1.807, 2.05) is 0 Å². The van der Waals surface area contributed by atoms with E-state index in [1.165, 1.54) is 0 Å². The van der Waals surface area contributed by atoms with Gasteiger partial charge in [-0.2, -0.15) is 5.26 Å². The highest BCUT2D eigenvalue weighted by molar-refractivity contribution is 5.01. The second-order valence-electron chi connectivity index (χ2n) is 3.08. The van der Waals surface area contributed by atoms with Gasteiger partial charge in [-0.1, -0.05) is 26.8 Å². The minimum atomic E-state index is 0.147. The Morgan fingerprint density at radius 2 is 2.23 bits per heavy atom. The summed E-state index contributed by atoms with van der Waals surface area (Å²) in [5, 5.41) is 8.34. The van der Waals surface area contributed by atoms with Crippen LogP contribution in [0.3, 0.4) is 0 Å². The van der Waals surface area contributed by atoms with E-state index >= 15 is 0 Å². The zero-order chi connectivity index (χ0) is 10.1. The van der Waals surface area contributed by atoms with Gasteiger partial charge in [-0.05, 0) is 18.4 Å². The van der Waals surface area contributed by atoms with Gasteiger partial charge in [0.2, 0.25) is 0 Å². The second-order valence-corrected chi connectivity index (χ2v) is 3.08. The van der Waals surface area contributed by atoms with E-state index in [0.29, 0.717) is 13.0 Å². The molecule has 0 heterocycles. The van der Waals surface area contributed by atoms with Crippen LogP contribution in [0.5, 0.6) is 0 Å². The van der Waals surface area contributed by atoms with Crippen molar-refractivity contribution in [2.75, 3.05) is 6.61 Å². The molecule has 0 fully saturated rings. The van der Waals surface area contributed by atoms with Crippen molar-refractivity contribution < 1.29 is 4.74 Å². The molecule has 74 valence electrons. The van der Waals surface area contributed by atoms with Gasteiger partial charge in [-0.15, -0.1) is 0 Å². The zero-order valence-electron chi connectivity index (χ0n) is 8.68. The summed E-state index contributed by atoms with van der Waals surface area (Å²) in [6.07, 6.45) is 3.69. The Hall–Kier alpha value is -0.810. The van der Waals surface area contributed by atoms with E-state index in [1.54, 1.807) is 0 Å². The Bertz CT molecular complexity index is 181. The molecular formula is C11H19NO. The third-order valence-corrected chi connectivity index (χ3v) is 1.93. The van der Waals surface area contributed by atoms with Crippen LogP contribution in [0.1, 0.15) is 39.5 Å². The van der Waals surface area contributed by atoms with Crippen LogP contribution in [0.4, 0.5) is 0 Å². The maximum atomic E-state index is 8.34. The van der Waals surface area contributed by atoms with Crippen molar-refractivity contribution in [1.29, 1.82) is 5.26 Å². The summed E-state index contributed by atoms with van der Waals surface area (Å²) in [6, 6.07) is 2.06. The van der Waals surface area contributed by atoms with Crippen LogP contribution in [0.25, 0.3) is 0 Å². The molecule has 0 aliphatic carbocycles. The first kappa shape index (κ1) is 12.2. The van der Waals surface area contributed by atoms with Crippen LogP contribution in [0.2, 0.25) is 0 Å². The quantitative estimate of drug-likeness (QED) is 0.446. The maximum Gasteiger partial charge on any atom is 0.0780 e. The molecule has 0 spiro atoms. The number of nitriles is 1. The van der Waals surface area contributed by atoms with Crippen LogP contribution in [-0.2, 0) is 4.74 Å². The third-order valence-electron chi connectivity index (χ3n) is 1.93. The van der Waals surface area contributed by atoms with E-state index in [2.05, 4.69) is 26.5 Å². The van der Waals surface area contributed by atoms with Crippen molar-refractivity contribution in [2.24, 2.45) is 0 Å². The first-order chi connectivity index (χ1) is 6.26. The summed E-state index contributed by atoms with van der Waals surface area (Å²) in [6.45, 7) is 8.73. The summed E-state index contributed by atoms with van der Waals surface area (Å²) >= 11 is 0. The SMILES string of the molecule is C=C(CCC)C(CC)OCCC#N. The fraction of sp³-hybridized carbons (Fsp3) is 0.727. The van der Waals surface area contributed by atoms with Gasteiger partial charge < -0.3 is 4.74 Å². The molecule has 0 amide bonds. The highest BCUT2D eigenvalue weighted by Crippen LogP contribution is 2.14. The molecule has 0 aliphatic heterocycles. The molecule has 0 aromatic carbocycles. The van der Waals surface area contributed by atoms with Crippen molar-refractivity contribution in [1.82, 2.24) is 0 Å². The smallest absolute Gasteiger partial charge is 0.0780 e. The van der Waals surface area contributed by atoms with Gasteiger partial charge in [0.25, 0.3) is 0 Å². The molecule has 1 atom stereocenters. The van der Waals surface area contributed by atoms with Crippen LogP contribution >= 0.6 is 0 Å². The number of hydrogen-bond acceptors (Lipinski definition) is 2. The lowest BCUT2D eigenvalue weighted by atomic mass is 10.0. The lowest BCUT2D eigenvalue weighted by molar-refractivity contribution is 0.0773. The predicted octanol–water partition coefficient (Wildman–Crippen LogP) is 3.05. The topological polar surface area (TPSA) is 33.0 Å². The van der Waals surface area contributed by atoms with E-state index in [9.17, 15) is 0 Å². The van der Waals surface area contributed by atoms with Gasteiger partial charge in [-0.25, -0.2) is 0 Å². The van der Waals surface area contributed by atoms with Gasteiger partial charge in [0.05, 0.1) is 25.2 Å². The Morgan fingerprint density at radius 1 is 1.54 bits per heavy atom. The van der Waals surface area contributed by atoms with Crippen LogP contribution in [0, 0.1) is 11.3 Å². The Labute approximate surface area is 81.2 Å². The zero-order valence-corrected chi connectivity index (χ0v) is 8.68. The van der Waals surface area contributed by atoms with Gasteiger partial charge in [-0.3, -0.25) is 0 Å². The van der Waals surface area contributed by atoms with Crippen molar-refractivity contribution in [2.45, 2.75) is 45.6 Å². The molecule has 0 N–H and O–H groups in total. The minimum absolute atomic E-state index is 0.147. The van der Waals surface area contributed by atoms with Gasteiger partial charge >= 0.3 is 0 Å². The first-order valence-electron chi connectivity index (χ1n) is 4.92. The Morgan fingerprint density at radius 3 is 2.69 bits per heavy atom. The lowest BCUT2D eigenvalue weighted by Crippen LogP contribution is -2.14. The molecule has 2 heteroatoms. The van der Waals surface area contributed by atoms with Crippen LogP contribution < -0.4 is 0 Å². The molecule has 1 unspecified atom stereocenters. The normalized spacial score (nSPS) is 12.1. The highest BCUT2D eigenvalue weighted by Gasteiger charge is 2.09. The summed E-state index contributed by atoms with van der Waals surface area (Å²) < 4.78 is 5.52. The van der Waals surface area contributed by atoms with E-state index in [0.717, 1.165) is 24.8 Å². The summed E-state index contributed by atoms with van der Waals surface area (Å²) in [5.74, 6) is 0. The lowest BCUT2D eigenvalue weighted by Gasteiger charge is -2.17. The van der Waals surface area contributed by atoms with Crippen LogP contribution in [-0.4, -0.2) is 12.7 Å². The third kappa shape index (κ3) is 5.43. The summed E-state index contributed by atoms with van der Waals surface area (Å²) in [4.78, 5) is 0. The largest absolute Gasteiger partial charge is 0.373 e. The average Bonchev–Trinajstić information content (AvgIpc) is 2.13. The Kier molecular flexibility index (Phi) is 7.33. The molecule has 13 heavy (non-hydrogen) atoms. The van der Waals surface area contributed by atoms with Gasteiger partial charge in [0, 0.05) is 0 Å².